The van der Waals surface area contributed by atoms with Gasteiger partial charge in [0.05, 0.1) is 12.2 Å². The molecule has 3 rings (SSSR count). The van der Waals surface area contributed by atoms with Crippen molar-refractivity contribution in [3.8, 4) is 22.3 Å². The van der Waals surface area contributed by atoms with E-state index in [9.17, 15) is 31.1 Å². The molecule has 1 heterocycles. The fourth-order valence-electron chi connectivity index (χ4n) is 3.27. The van der Waals surface area contributed by atoms with Crippen molar-refractivity contribution in [2.75, 3.05) is 6.61 Å². The van der Waals surface area contributed by atoms with Crippen LogP contribution in [0.3, 0.4) is 0 Å². The second-order valence-corrected chi connectivity index (χ2v) is 7.42. The van der Waals surface area contributed by atoms with Crippen LogP contribution in [0.4, 0.5) is 26.3 Å². The number of aromatic nitrogens is 1. The van der Waals surface area contributed by atoms with E-state index in [2.05, 4.69) is 9.72 Å². The molecule has 0 radical (unpaired) electrons. The zero-order valence-corrected chi connectivity index (χ0v) is 18.1. The summed E-state index contributed by atoms with van der Waals surface area (Å²) in [6.07, 6.45) is -10.6. The predicted octanol–water partition coefficient (Wildman–Crippen LogP) is 7.94. The molecule has 0 unspecified atom stereocenters. The number of nitrogens with zero attached hydrogens (tertiary/aromatic N) is 1. The minimum atomic E-state index is -5.30. The molecule has 3 aromatic rings. The molecule has 174 valence electrons. The summed E-state index contributed by atoms with van der Waals surface area (Å²) in [7, 11) is 0. The largest absolute Gasteiger partial charge is 0.461 e. The van der Waals surface area contributed by atoms with E-state index < -0.39 is 46.4 Å². The van der Waals surface area contributed by atoms with E-state index in [4.69, 9.17) is 23.2 Å². The van der Waals surface area contributed by atoms with Gasteiger partial charge < -0.3 is 4.74 Å². The lowest BCUT2D eigenvalue weighted by Crippen LogP contribution is -2.23. The lowest BCUT2D eigenvalue weighted by atomic mass is 9.87. The normalized spacial score (nSPS) is 12.0. The van der Waals surface area contributed by atoms with Crippen LogP contribution in [0.1, 0.15) is 28.7 Å². The first-order chi connectivity index (χ1) is 15.4. The van der Waals surface area contributed by atoms with Gasteiger partial charge in [-0.15, -0.1) is 0 Å². The number of carbonyl (C=O) groups excluding carboxylic acids is 1. The van der Waals surface area contributed by atoms with Crippen molar-refractivity contribution in [2.45, 2.75) is 19.3 Å². The van der Waals surface area contributed by atoms with Crippen molar-refractivity contribution in [2.24, 2.45) is 0 Å². The smallest absolute Gasteiger partial charge is 0.434 e. The summed E-state index contributed by atoms with van der Waals surface area (Å²) in [5, 5.41) is -0.527. The number of alkyl halides is 6. The highest BCUT2D eigenvalue weighted by Crippen LogP contribution is 2.51. The highest BCUT2D eigenvalue weighted by atomic mass is 35.5. The van der Waals surface area contributed by atoms with E-state index in [1.807, 2.05) is 0 Å². The molecule has 11 heteroatoms. The Morgan fingerprint density at radius 3 is 1.76 bits per heavy atom. The number of pyridine rings is 1. The molecule has 0 aliphatic heterocycles. The third-order valence-corrected chi connectivity index (χ3v) is 5.16. The molecule has 0 fully saturated rings. The van der Waals surface area contributed by atoms with Crippen LogP contribution < -0.4 is 0 Å². The van der Waals surface area contributed by atoms with Gasteiger partial charge in [0.25, 0.3) is 0 Å². The minimum absolute atomic E-state index is 0.255. The number of halogens is 8. The number of esters is 1. The first-order valence-electron chi connectivity index (χ1n) is 9.27. The van der Waals surface area contributed by atoms with E-state index in [0.717, 1.165) is 12.1 Å². The van der Waals surface area contributed by atoms with Crippen LogP contribution in [0, 0.1) is 0 Å². The molecule has 0 bridgehead atoms. The average molecular weight is 508 g/mol. The van der Waals surface area contributed by atoms with Crippen LogP contribution in [0.15, 0.2) is 48.5 Å². The Balaban J connectivity index is 2.68. The third kappa shape index (κ3) is 4.94. The van der Waals surface area contributed by atoms with E-state index in [-0.39, 0.29) is 27.8 Å². The van der Waals surface area contributed by atoms with Crippen LogP contribution in [0.2, 0.25) is 10.0 Å². The predicted molar refractivity (Wildman–Crippen MR) is 111 cm³/mol. The Kier molecular flexibility index (Phi) is 6.95. The van der Waals surface area contributed by atoms with E-state index in [1.165, 1.54) is 43.3 Å². The average Bonchev–Trinajstić information content (AvgIpc) is 2.72. The Labute approximate surface area is 193 Å². The maximum absolute atomic E-state index is 14.3. The maximum Gasteiger partial charge on any atom is 0.434 e. The Morgan fingerprint density at radius 2 is 1.33 bits per heavy atom. The quantitative estimate of drug-likeness (QED) is 0.265. The molecule has 0 N–H and O–H groups in total. The van der Waals surface area contributed by atoms with Crippen LogP contribution in [-0.2, 0) is 17.1 Å². The van der Waals surface area contributed by atoms with Crippen molar-refractivity contribution >= 4 is 29.2 Å². The van der Waals surface area contributed by atoms with Crippen molar-refractivity contribution in [3.05, 3.63) is 75.5 Å². The van der Waals surface area contributed by atoms with Crippen LogP contribution >= 0.6 is 23.2 Å². The number of benzene rings is 2. The van der Waals surface area contributed by atoms with Gasteiger partial charge in [-0.05, 0) is 19.1 Å². The van der Waals surface area contributed by atoms with Crippen LogP contribution in [-0.4, -0.2) is 17.6 Å². The highest BCUT2D eigenvalue weighted by Gasteiger charge is 2.47. The van der Waals surface area contributed by atoms with Gasteiger partial charge in [-0.25, -0.2) is 9.78 Å². The number of ether oxygens (including phenoxy) is 1. The number of hydrogen-bond donors (Lipinski definition) is 0. The summed E-state index contributed by atoms with van der Waals surface area (Å²) in [4.78, 5) is 15.5. The van der Waals surface area contributed by atoms with E-state index >= 15 is 0 Å². The van der Waals surface area contributed by atoms with Crippen LogP contribution in [0.5, 0.6) is 0 Å². The summed E-state index contributed by atoms with van der Waals surface area (Å²) < 4.78 is 90.1. The standard InChI is InChI=1S/C22H13Cl2F6NO2/c1-2-33-20(32)18-17(21(25,26)27)15(11-7-3-5-9-13(11)23)16(19(31-18)22(28,29)30)12-8-4-6-10-14(12)24/h3-10H,2H2,1H3. The summed E-state index contributed by atoms with van der Waals surface area (Å²) >= 11 is 12.2. The molecular formula is C22H13Cl2F6NO2. The molecule has 1 aromatic heterocycles. The summed E-state index contributed by atoms with van der Waals surface area (Å²) in [6, 6.07) is 10.1. The molecular weight excluding hydrogens is 495 g/mol. The molecule has 0 spiro atoms. The van der Waals surface area contributed by atoms with Gasteiger partial charge in [-0.3, -0.25) is 0 Å². The highest BCUT2D eigenvalue weighted by molar-refractivity contribution is 6.35. The van der Waals surface area contributed by atoms with Crippen molar-refractivity contribution in [1.29, 1.82) is 0 Å². The summed E-state index contributed by atoms with van der Waals surface area (Å²) in [5.74, 6) is -1.66. The van der Waals surface area contributed by atoms with Gasteiger partial charge in [-0.2, -0.15) is 26.3 Å². The molecule has 33 heavy (non-hydrogen) atoms. The minimum Gasteiger partial charge on any atom is -0.461 e. The molecule has 0 atom stereocenters. The monoisotopic (exact) mass is 507 g/mol. The SMILES string of the molecule is CCOC(=O)c1nc(C(F)(F)F)c(-c2ccccc2Cl)c(-c2ccccc2Cl)c1C(F)(F)F. The van der Waals surface area contributed by atoms with Gasteiger partial charge >= 0.3 is 18.3 Å². The fourth-order valence-corrected chi connectivity index (χ4v) is 3.73. The first kappa shape index (κ1) is 24.9. The van der Waals surface area contributed by atoms with Gasteiger partial charge in [0.1, 0.15) is 0 Å². The molecule has 3 nitrogen and oxygen atoms in total. The molecule has 0 amide bonds. The third-order valence-electron chi connectivity index (χ3n) is 4.50. The molecule has 2 aromatic carbocycles. The second kappa shape index (κ2) is 9.23. The van der Waals surface area contributed by atoms with Gasteiger partial charge in [0, 0.05) is 32.3 Å². The summed E-state index contributed by atoms with van der Waals surface area (Å²) in [6.45, 7) is 0.912. The van der Waals surface area contributed by atoms with Crippen molar-refractivity contribution < 1.29 is 35.9 Å². The number of carbonyl (C=O) groups is 1. The summed E-state index contributed by atoms with van der Waals surface area (Å²) in [5.41, 5.74) is -7.66. The zero-order valence-electron chi connectivity index (χ0n) is 16.6. The lowest BCUT2D eigenvalue weighted by Gasteiger charge is -2.24. The topological polar surface area (TPSA) is 39.2 Å². The number of rotatable bonds is 4. The van der Waals surface area contributed by atoms with Crippen molar-refractivity contribution in [1.82, 2.24) is 4.98 Å². The molecule has 0 saturated carbocycles. The van der Waals surface area contributed by atoms with E-state index in [1.54, 1.807) is 0 Å². The zero-order chi connectivity index (χ0) is 24.6. The Bertz CT molecular complexity index is 1210. The Morgan fingerprint density at radius 1 is 0.848 bits per heavy atom. The Hall–Kier alpha value is -2.78. The van der Waals surface area contributed by atoms with E-state index in [0.29, 0.717) is 0 Å². The molecule has 0 aliphatic carbocycles. The maximum atomic E-state index is 14.3. The second-order valence-electron chi connectivity index (χ2n) is 6.61. The lowest BCUT2D eigenvalue weighted by molar-refractivity contribution is -0.144. The van der Waals surface area contributed by atoms with Gasteiger partial charge in [0.15, 0.2) is 11.4 Å². The van der Waals surface area contributed by atoms with Crippen molar-refractivity contribution in [3.63, 3.8) is 0 Å². The van der Waals surface area contributed by atoms with Crippen LogP contribution in [0.25, 0.3) is 22.3 Å². The first-order valence-corrected chi connectivity index (χ1v) is 10.0. The molecule has 0 aliphatic rings. The molecule has 0 saturated heterocycles. The fraction of sp³-hybridized carbons (Fsp3) is 0.182. The van der Waals surface area contributed by atoms with Gasteiger partial charge in [0.2, 0.25) is 0 Å². The number of hydrogen-bond acceptors (Lipinski definition) is 3. The van der Waals surface area contributed by atoms with Gasteiger partial charge in [-0.1, -0.05) is 59.6 Å².